The lowest BCUT2D eigenvalue weighted by Gasteiger charge is -2.17. The minimum atomic E-state index is -1.74. The lowest BCUT2D eigenvalue weighted by Crippen LogP contribution is -2.29. The number of hydrogen-bond acceptors (Lipinski definition) is 3. The molecule has 0 spiro atoms. The molecular formula is C13H25NO3Si. The van der Waals surface area contributed by atoms with Crippen molar-refractivity contribution in [3.05, 3.63) is 12.2 Å². The normalized spacial score (nSPS) is 10.9. The topological polar surface area (TPSA) is 55.4 Å². The molecule has 0 fully saturated rings. The molecule has 0 bridgehead atoms. The summed E-state index contributed by atoms with van der Waals surface area (Å²) in [4.78, 5) is 22.6. The molecule has 1 N–H and O–H groups in total. The molecular weight excluding hydrogens is 246 g/mol. The van der Waals surface area contributed by atoms with Crippen LogP contribution in [0.3, 0.4) is 0 Å². The standard InChI is InChI=1S/C13H25NO3Si/c1-11(2)13(16)14-10-8-6-7-9-12(15)17-18(3,4)5/h1,6-10H2,2-5H3,(H,14,16). The Bertz CT molecular complexity index is 308. The van der Waals surface area contributed by atoms with Crippen molar-refractivity contribution >= 4 is 20.2 Å². The number of rotatable bonds is 8. The highest BCUT2D eigenvalue weighted by molar-refractivity contribution is 6.71. The summed E-state index contributed by atoms with van der Waals surface area (Å²) < 4.78 is 5.33. The van der Waals surface area contributed by atoms with Crippen LogP contribution in [0.5, 0.6) is 0 Å². The summed E-state index contributed by atoms with van der Waals surface area (Å²) in [7, 11) is -1.74. The molecule has 0 radical (unpaired) electrons. The maximum absolute atomic E-state index is 11.4. The van der Waals surface area contributed by atoms with E-state index in [1.807, 2.05) is 19.6 Å². The zero-order valence-electron chi connectivity index (χ0n) is 12.0. The lowest BCUT2D eigenvalue weighted by atomic mass is 10.2. The van der Waals surface area contributed by atoms with Gasteiger partial charge in [-0.25, -0.2) is 0 Å². The Morgan fingerprint density at radius 2 is 1.78 bits per heavy atom. The summed E-state index contributed by atoms with van der Waals surface area (Å²) in [6.07, 6.45) is 3.07. The maximum atomic E-state index is 11.4. The van der Waals surface area contributed by atoms with Crippen LogP contribution < -0.4 is 5.32 Å². The van der Waals surface area contributed by atoms with Crippen molar-refractivity contribution < 1.29 is 14.0 Å². The van der Waals surface area contributed by atoms with Crippen LogP contribution in [0.25, 0.3) is 0 Å². The Hall–Kier alpha value is -1.10. The van der Waals surface area contributed by atoms with E-state index in [-0.39, 0.29) is 11.9 Å². The number of unbranched alkanes of at least 4 members (excludes halogenated alkanes) is 2. The van der Waals surface area contributed by atoms with Crippen molar-refractivity contribution in [1.82, 2.24) is 5.32 Å². The third kappa shape index (κ3) is 10.1. The summed E-state index contributed by atoms with van der Waals surface area (Å²) >= 11 is 0. The van der Waals surface area contributed by atoms with Crippen LogP contribution in [0.2, 0.25) is 19.6 Å². The first-order chi connectivity index (χ1) is 8.22. The molecule has 0 saturated heterocycles. The number of nitrogens with one attached hydrogen (secondary N) is 1. The average Bonchev–Trinajstić information content (AvgIpc) is 2.19. The van der Waals surface area contributed by atoms with Gasteiger partial charge in [-0.3, -0.25) is 9.59 Å². The molecule has 0 aliphatic rings. The predicted octanol–water partition coefficient (Wildman–Crippen LogP) is 2.62. The van der Waals surface area contributed by atoms with Crippen LogP contribution in [-0.2, 0) is 14.0 Å². The Kier molecular flexibility index (Phi) is 7.58. The molecule has 18 heavy (non-hydrogen) atoms. The van der Waals surface area contributed by atoms with Crippen molar-refractivity contribution in [2.24, 2.45) is 0 Å². The third-order valence-corrected chi connectivity index (χ3v) is 2.99. The van der Waals surface area contributed by atoms with E-state index < -0.39 is 8.32 Å². The molecule has 0 heterocycles. The van der Waals surface area contributed by atoms with Gasteiger partial charge in [0.05, 0.1) is 0 Å². The summed E-state index contributed by atoms with van der Waals surface area (Å²) in [5.41, 5.74) is 0.522. The smallest absolute Gasteiger partial charge is 0.292 e. The monoisotopic (exact) mass is 271 g/mol. The SMILES string of the molecule is C=C(C)C(=O)NCCCCCC(=O)O[Si](C)(C)C. The van der Waals surface area contributed by atoms with Gasteiger partial charge in [0.15, 0.2) is 0 Å². The number of carbonyl (C=O) groups excluding carboxylic acids is 2. The lowest BCUT2D eigenvalue weighted by molar-refractivity contribution is -0.135. The van der Waals surface area contributed by atoms with Crippen molar-refractivity contribution in [2.45, 2.75) is 52.2 Å². The molecule has 104 valence electrons. The Balaban J connectivity index is 3.49. The molecule has 0 unspecified atom stereocenters. The quantitative estimate of drug-likeness (QED) is 0.419. The van der Waals surface area contributed by atoms with Crippen LogP contribution in [0.1, 0.15) is 32.6 Å². The van der Waals surface area contributed by atoms with Gasteiger partial charge in [0, 0.05) is 18.5 Å². The Labute approximate surface area is 111 Å². The minimum absolute atomic E-state index is 0.0971. The van der Waals surface area contributed by atoms with E-state index >= 15 is 0 Å². The van der Waals surface area contributed by atoms with Crippen LogP contribution in [-0.4, -0.2) is 26.7 Å². The highest BCUT2D eigenvalue weighted by Gasteiger charge is 2.19. The minimum Gasteiger partial charge on any atom is -0.520 e. The third-order valence-electron chi connectivity index (χ3n) is 2.15. The van der Waals surface area contributed by atoms with Crippen LogP contribution in [0, 0.1) is 0 Å². The predicted molar refractivity (Wildman–Crippen MR) is 75.7 cm³/mol. The van der Waals surface area contributed by atoms with Crippen molar-refractivity contribution in [2.75, 3.05) is 6.54 Å². The van der Waals surface area contributed by atoms with Gasteiger partial charge in [0.25, 0.3) is 5.97 Å². The van der Waals surface area contributed by atoms with Gasteiger partial charge in [-0.2, -0.15) is 0 Å². The fourth-order valence-corrected chi connectivity index (χ4v) is 2.10. The Morgan fingerprint density at radius 3 is 2.28 bits per heavy atom. The van der Waals surface area contributed by atoms with Gasteiger partial charge in [0.1, 0.15) is 0 Å². The fraction of sp³-hybridized carbons (Fsp3) is 0.692. The molecule has 0 aromatic rings. The van der Waals surface area contributed by atoms with Gasteiger partial charge in [-0.05, 0) is 39.4 Å². The molecule has 5 heteroatoms. The van der Waals surface area contributed by atoms with E-state index in [0.717, 1.165) is 19.3 Å². The largest absolute Gasteiger partial charge is 0.520 e. The van der Waals surface area contributed by atoms with Gasteiger partial charge < -0.3 is 9.74 Å². The molecule has 0 rings (SSSR count). The fourth-order valence-electron chi connectivity index (χ4n) is 1.32. The van der Waals surface area contributed by atoms with Gasteiger partial charge in [0.2, 0.25) is 14.2 Å². The van der Waals surface area contributed by atoms with Crippen molar-refractivity contribution in [1.29, 1.82) is 0 Å². The van der Waals surface area contributed by atoms with E-state index in [1.54, 1.807) is 6.92 Å². The second kappa shape index (κ2) is 8.08. The number of hydrogen-bond donors (Lipinski definition) is 1. The van der Waals surface area contributed by atoms with Gasteiger partial charge in [-0.1, -0.05) is 13.0 Å². The first kappa shape index (κ1) is 16.9. The Morgan fingerprint density at radius 1 is 1.17 bits per heavy atom. The van der Waals surface area contributed by atoms with Gasteiger partial charge >= 0.3 is 0 Å². The highest BCUT2D eigenvalue weighted by atomic mass is 28.4. The van der Waals surface area contributed by atoms with Crippen molar-refractivity contribution in [3.8, 4) is 0 Å². The second-order valence-corrected chi connectivity index (χ2v) is 9.86. The highest BCUT2D eigenvalue weighted by Crippen LogP contribution is 2.07. The first-order valence-corrected chi connectivity index (χ1v) is 9.79. The number of amides is 1. The van der Waals surface area contributed by atoms with E-state index in [1.165, 1.54) is 0 Å². The van der Waals surface area contributed by atoms with Crippen molar-refractivity contribution in [3.63, 3.8) is 0 Å². The first-order valence-electron chi connectivity index (χ1n) is 6.38. The zero-order chi connectivity index (χ0) is 14.2. The average molecular weight is 271 g/mol. The molecule has 0 aromatic carbocycles. The van der Waals surface area contributed by atoms with Crippen LogP contribution >= 0.6 is 0 Å². The summed E-state index contributed by atoms with van der Waals surface area (Å²) in [6, 6.07) is 0. The molecule has 0 saturated carbocycles. The maximum Gasteiger partial charge on any atom is 0.292 e. The second-order valence-electron chi connectivity index (χ2n) is 5.43. The van der Waals surface area contributed by atoms with E-state index in [2.05, 4.69) is 11.9 Å². The molecule has 0 atom stereocenters. The van der Waals surface area contributed by atoms with E-state index in [4.69, 9.17) is 4.43 Å². The van der Waals surface area contributed by atoms with Crippen LogP contribution in [0.15, 0.2) is 12.2 Å². The summed E-state index contributed by atoms with van der Waals surface area (Å²) in [6.45, 7) is 11.9. The summed E-state index contributed by atoms with van der Waals surface area (Å²) in [5, 5.41) is 2.76. The summed E-state index contributed by atoms with van der Waals surface area (Å²) in [5.74, 6) is -0.201. The molecule has 0 aromatic heterocycles. The van der Waals surface area contributed by atoms with E-state index in [9.17, 15) is 9.59 Å². The molecule has 0 aliphatic carbocycles. The van der Waals surface area contributed by atoms with E-state index in [0.29, 0.717) is 18.5 Å². The molecule has 4 nitrogen and oxygen atoms in total. The van der Waals surface area contributed by atoms with Gasteiger partial charge in [-0.15, -0.1) is 0 Å². The molecule has 1 amide bonds. The number of carbonyl (C=O) groups is 2. The molecule has 0 aliphatic heterocycles. The zero-order valence-corrected chi connectivity index (χ0v) is 13.0. The van der Waals surface area contributed by atoms with Crippen LogP contribution in [0.4, 0.5) is 0 Å².